The summed E-state index contributed by atoms with van der Waals surface area (Å²) in [5.41, 5.74) is -0.545. The van der Waals surface area contributed by atoms with Gasteiger partial charge >= 0.3 is 6.18 Å². The number of aliphatic hydroxyl groups excluding tert-OH is 1. The maximum atomic E-state index is 12.1. The third-order valence-electron chi connectivity index (χ3n) is 1.64. The molecule has 0 atom stereocenters. The predicted molar refractivity (Wildman–Crippen MR) is 42.8 cm³/mol. The molecule has 1 nitrogen and oxygen atoms in total. The van der Waals surface area contributed by atoms with Crippen molar-refractivity contribution in [3.8, 4) is 0 Å². The molecule has 0 aliphatic carbocycles. The number of hydrogen-bond donors (Lipinski definition) is 1. The lowest BCUT2D eigenvalue weighted by atomic mass is 9.89. The highest BCUT2D eigenvalue weighted by Gasteiger charge is 2.30. The molecular weight excluding hydrogens is 180 g/mol. The van der Waals surface area contributed by atoms with Gasteiger partial charge in [-0.15, -0.1) is 0 Å². The average Bonchev–Trinajstić information content (AvgIpc) is 2.03. The monoisotopic (exact) mass is 186 g/mol. The molecule has 1 aromatic carbocycles. The Morgan fingerprint density at radius 2 is 1.92 bits per heavy atom. The quantitative estimate of drug-likeness (QED) is 0.648. The Balaban J connectivity index is 3.14. The van der Waals surface area contributed by atoms with Crippen molar-refractivity contribution in [3.63, 3.8) is 0 Å². The molecule has 2 radical (unpaired) electrons. The summed E-state index contributed by atoms with van der Waals surface area (Å²) in [4.78, 5) is 0. The Bertz CT molecular complexity index is 309. The second kappa shape index (κ2) is 3.42. The molecule has 13 heavy (non-hydrogen) atoms. The minimum Gasteiger partial charge on any atom is -0.392 e. The fraction of sp³-hybridized carbons (Fsp3) is 0.250. The summed E-state index contributed by atoms with van der Waals surface area (Å²) in [5.74, 6) is 0. The largest absolute Gasteiger partial charge is 0.416 e. The van der Waals surface area contributed by atoms with Crippen LogP contribution in [-0.4, -0.2) is 13.0 Å². The van der Waals surface area contributed by atoms with Gasteiger partial charge in [0.15, 0.2) is 0 Å². The molecule has 1 N–H and O–H groups in total. The van der Waals surface area contributed by atoms with Crippen LogP contribution in [0.1, 0.15) is 11.1 Å². The van der Waals surface area contributed by atoms with E-state index in [1.165, 1.54) is 0 Å². The summed E-state index contributed by atoms with van der Waals surface area (Å²) in [6.45, 7) is -0.490. The summed E-state index contributed by atoms with van der Waals surface area (Å²) in [7, 11) is 5.32. The Morgan fingerprint density at radius 3 is 2.38 bits per heavy atom. The topological polar surface area (TPSA) is 20.2 Å². The lowest BCUT2D eigenvalue weighted by molar-refractivity contribution is -0.137. The summed E-state index contributed by atoms with van der Waals surface area (Å²) in [6, 6.07) is 2.86. The van der Waals surface area contributed by atoms with Gasteiger partial charge in [0.25, 0.3) is 0 Å². The minimum atomic E-state index is -4.39. The maximum Gasteiger partial charge on any atom is 0.416 e. The third kappa shape index (κ3) is 2.24. The van der Waals surface area contributed by atoms with Gasteiger partial charge in [-0.2, -0.15) is 13.2 Å². The molecule has 0 unspecified atom stereocenters. The maximum absolute atomic E-state index is 12.1. The highest BCUT2D eigenvalue weighted by molar-refractivity contribution is 6.33. The van der Waals surface area contributed by atoms with Crippen molar-refractivity contribution in [3.05, 3.63) is 29.3 Å². The number of alkyl halides is 3. The van der Waals surface area contributed by atoms with Gasteiger partial charge in [-0.3, -0.25) is 0 Å². The molecule has 0 heterocycles. The highest BCUT2D eigenvalue weighted by atomic mass is 19.4. The van der Waals surface area contributed by atoms with Gasteiger partial charge in [0.05, 0.1) is 12.2 Å². The van der Waals surface area contributed by atoms with Crippen LogP contribution in [0.15, 0.2) is 18.2 Å². The van der Waals surface area contributed by atoms with Crippen LogP contribution in [0.4, 0.5) is 13.2 Å². The van der Waals surface area contributed by atoms with Crippen molar-refractivity contribution in [2.24, 2.45) is 0 Å². The molecule has 1 rings (SSSR count). The molecule has 68 valence electrons. The SMILES string of the molecule is [B]c1ccc(C(F)(F)F)cc1CO. The molecule has 0 saturated carbocycles. The van der Waals surface area contributed by atoms with Crippen LogP contribution < -0.4 is 5.46 Å². The molecule has 0 aliphatic rings. The first-order valence-corrected chi connectivity index (χ1v) is 3.51. The molecule has 0 amide bonds. The van der Waals surface area contributed by atoms with Crippen molar-refractivity contribution < 1.29 is 18.3 Å². The Kier molecular flexibility index (Phi) is 2.66. The lowest BCUT2D eigenvalue weighted by Crippen LogP contribution is -2.14. The summed E-state index contributed by atoms with van der Waals surface area (Å²) < 4.78 is 36.3. The standard InChI is InChI=1S/C8H6BF3O/c9-7-2-1-6(8(10,11)12)3-5(7)4-13/h1-3,13H,4H2. The Hall–Kier alpha value is -0.965. The van der Waals surface area contributed by atoms with Crippen LogP contribution in [-0.2, 0) is 12.8 Å². The molecule has 0 saturated heterocycles. The van der Waals surface area contributed by atoms with Gasteiger partial charge in [-0.1, -0.05) is 17.6 Å². The zero-order chi connectivity index (χ0) is 10.1. The smallest absolute Gasteiger partial charge is 0.392 e. The molecule has 0 fully saturated rings. The van der Waals surface area contributed by atoms with Crippen LogP contribution in [0.5, 0.6) is 0 Å². The van der Waals surface area contributed by atoms with E-state index in [9.17, 15) is 13.2 Å². The van der Waals surface area contributed by atoms with Crippen LogP contribution >= 0.6 is 0 Å². The van der Waals surface area contributed by atoms with E-state index in [1.807, 2.05) is 0 Å². The highest BCUT2D eigenvalue weighted by Crippen LogP contribution is 2.28. The number of aliphatic hydroxyl groups is 1. The number of rotatable bonds is 1. The first-order chi connectivity index (χ1) is 5.95. The fourth-order valence-electron chi connectivity index (χ4n) is 0.919. The zero-order valence-electron chi connectivity index (χ0n) is 6.60. The third-order valence-corrected chi connectivity index (χ3v) is 1.64. The average molecular weight is 186 g/mol. The van der Waals surface area contributed by atoms with Crippen LogP contribution in [0.2, 0.25) is 0 Å². The second-order valence-corrected chi connectivity index (χ2v) is 2.57. The van der Waals surface area contributed by atoms with Crippen molar-refractivity contribution in [2.75, 3.05) is 0 Å². The van der Waals surface area contributed by atoms with E-state index < -0.39 is 18.3 Å². The van der Waals surface area contributed by atoms with Crippen molar-refractivity contribution in [1.82, 2.24) is 0 Å². The number of halogens is 3. The Labute approximate surface area is 74.6 Å². The Morgan fingerprint density at radius 1 is 1.31 bits per heavy atom. The molecule has 0 aliphatic heterocycles. The first-order valence-electron chi connectivity index (χ1n) is 3.51. The van der Waals surface area contributed by atoms with Crippen molar-refractivity contribution in [2.45, 2.75) is 12.8 Å². The summed E-state index contributed by atoms with van der Waals surface area (Å²) in [5, 5.41) is 8.66. The number of benzene rings is 1. The second-order valence-electron chi connectivity index (χ2n) is 2.57. The summed E-state index contributed by atoms with van der Waals surface area (Å²) >= 11 is 0. The van der Waals surface area contributed by atoms with E-state index >= 15 is 0 Å². The molecular formula is C8H6BF3O. The van der Waals surface area contributed by atoms with Crippen LogP contribution in [0, 0.1) is 0 Å². The van der Waals surface area contributed by atoms with Gasteiger partial charge in [-0.05, 0) is 11.6 Å². The molecule has 0 aromatic heterocycles. The van der Waals surface area contributed by atoms with E-state index in [0.29, 0.717) is 0 Å². The zero-order valence-corrected chi connectivity index (χ0v) is 6.60. The number of hydrogen-bond acceptors (Lipinski definition) is 1. The van der Waals surface area contributed by atoms with E-state index in [1.54, 1.807) is 0 Å². The predicted octanol–water partition coefficient (Wildman–Crippen LogP) is 0.992. The van der Waals surface area contributed by atoms with Gasteiger partial charge in [0.1, 0.15) is 7.85 Å². The normalized spacial score (nSPS) is 11.7. The molecule has 1 aromatic rings. The van der Waals surface area contributed by atoms with E-state index in [4.69, 9.17) is 13.0 Å². The van der Waals surface area contributed by atoms with E-state index in [-0.39, 0.29) is 11.0 Å². The minimum absolute atomic E-state index is 0.0924. The van der Waals surface area contributed by atoms with Gasteiger partial charge in [0.2, 0.25) is 0 Å². The molecule has 5 heteroatoms. The van der Waals surface area contributed by atoms with E-state index in [0.717, 1.165) is 18.2 Å². The molecule has 0 spiro atoms. The van der Waals surface area contributed by atoms with E-state index in [2.05, 4.69) is 0 Å². The fourth-order valence-corrected chi connectivity index (χ4v) is 0.919. The van der Waals surface area contributed by atoms with Crippen LogP contribution in [0.25, 0.3) is 0 Å². The van der Waals surface area contributed by atoms with Gasteiger partial charge < -0.3 is 5.11 Å². The molecule has 0 bridgehead atoms. The van der Waals surface area contributed by atoms with Crippen LogP contribution in [0.3, 0.4) is 0 Å². The lowest BCUT2D eigenvalue weighted by Gasteiger charge is -2.09. The van der Waals surface area contributed by atoms with Crippen molar-refractivity contribution >= 4 is 13.3 Å². The van der Waals surface area contributed by atoms with Crippen molar-refractivity contribution in [1.29, 1.82) is 0 Å². The summed E-state index contributed by atoms with van der Waals surface area (Å²) in [6.07, 6.45) is -4.39. The van der Waals surface area contributed by atoms with Gasteiger partial charge in [0, 0.05) is 0 Å². The van der Waals surface area contributed by atoms with Gasteiger partial charge in [-0.25, -0.2) is 0 Å². The first kappa shape index (κ1) is 10.1.